The number of hydrogen-bond donors (Lipinski definition) is 0. The molecule has 2 heteroatoms. The van der Waals surface area contributed by atoms with Crippen LogP contribution in [-0.2, 0) is 5.41 Å². The molecule has 2 nitrogen and oxygen atoms in total. The highest BCUT2D eigenvalue weighted by atomic mass is 14.9. The van der Waals surface area contributed by atoms with E-state index in [1.807, 2.05) is 18.2 Å². The van der Waals surface area contributed by atoms with Crippen molar-refractivity contribution < 1.29 is 0 Å². The monoisotopic (exact) mass is 876 g/mol. The maximum Gasteiger partial charge on any atom is 0.160 e. The molecule has 0 fully saturated rings. The van der Waals surface area contributed by atoms with Gasteiger partial charge in [0.1, 0.15) is 0 Å². The first kappa shape index (κ1) is 40.3. The second kappa shape index (κ2) is 16.7. The molecule has 0 N–H and O–H groups in total. The second-order valence-electron chi connectivity index (χ2n) is 18.0. The molecule has 0 saturated carbocycles. The van der Waals surface area contributed by atoms with E-state index in [9.17, 15) is 0 Å². The van der Waals surface area contributed by atoms with Crippen LogP contribution in [0.1, 0.15) is 22.3 Å². The summed E-state index contributed by atoms with van der Waals surface area (Å²) < 4.78 is 0. The minimum Gasteiger partial charge on any atom is -0.228 e. The van der Waals surface area contributed by atoms with Gasteiger partial charge >= 0.3 is 0 Å². The van der Waals surface area contributed by atoms with E-state index >= 15 is 0 Å². The van der Waals surface area contributed by atoms with Crippen molar-refractivity contribution in [3.8, 4) is 78.4 Å². The van der Waals surface area contributed by atoms with Crippen molar-refractivity contribution in [1.82, 2.24) is 9.97 Å². The predicted octanol–water partition coefficient (Wildman–Crippen LogP) is 17.1. The molecule has 0 radical (unpaired) electrons. The summed E-state index contributed by atoms with van der Waals surface area (Å²) in [5.74, 6) is 0.706. The van der Waals surface area contributed by atoms with E-state index in [0.29, 0.717) is 5.82 Å². The predicted molar refractivity (Wildman–Crippen MR) is 287 cm³/mol. The number of rotatable bonds is 8. The van der Waals surface area contributed by atoms with Crippen molar-refractivity contribution in [2.45, 2.75) is 5.41 Å². The largest absolute Gasteiger partial charge is 0.228 e. The average Bonchev–Trinajstić information content (AvgIpc) is 3.73. The Hall–Kier alpha value is -8.98. The minimum atomic E-state index is -0.517. The maximum absolute atomic E-state index is 5.25. The lowest BCUT2D eigenvalue weighted by molar-refractivity contribution is 0.769. The van der Waals surface area contributed by atoms with Crippen LogP contribution in [0, 0.1) is 0 Å². The molecule has 13 rings (SSSR count). The molecule has 1 aromatic heterocycles. The molecule has 1 aliphatic carbocycles. The molecule has 0 unspecified atom stereocenters. The molecule has 69 heavy (non-hydrogen) atoms. The van der Waals surface area contributed by atoms with Crippen LogP contribution in [0.2, 0.25) is 0 Å². The first-order valence-electron chi connectivity index (χ1n) is 23.7. The summed E-state index contributed by atoms with van der Waals surface area (Å²) >= 11 is 0. The van der Waals surface area contributed by atoms with Crippen LogP contribution in [0.15, 0.2) is 267 Å². The molecule has 322 valence electrons. The van der Waals surface area contributed by atoms with Crippen LogP contribution in [0.5, 0.6) is 0 Å². The fourth-order valence-electron chi connectivity index (χ4n) is 10.9. The van der Waals surface area contributed by atoms with Gasteiger partial charge in [0.25, 0.3) is 0 Å². The summed E-state index contributed by atoms with van der Waals surface area (Å²) in [7, 11) is 0. The fourth-order valence-corrected chi connectivity index (χ4v) is 10.9. The zero-order chi connectivity index (χ0) is 45.7. The molecular formula is C67H44N2. The fraction of sp³-hybridized carbons (Fsp3) is 0.0149. The van der Waals surface area contributed by atoms with Crippen LogP contribution in [0.4, 0.5) is 0 Å². The van der Waals surface area contributed by atoms with Crippen LogP contribution in [0.3, 0.4) is 0 Å². The van der Waals surface area contributed by atoms with E-state index in [1.165, 1.54) is 77.4 Å². The Morgan fingerprint density at radius 2 is 0.681 bits per heavy atom. The number of benzene rings is 11. The van der Waals surface area contributed by atoms with Gasteiger partial charge in [0.2, 0.25) is 0 Å². The molecule has 0 bridgehead atoms. The number of aromatic nitrogens is 2. The minimum absolute atomic E-state index is 0.517. The highest BCUT2D eigenvalue weighted by Crippen LogP contribution is 2.57. The number of fused-ring (bicyclic) bond motifs is 5. The van der Waals surface area contributed by atoms with Crippen molar-refractivity contribution in [3.05, 3.63) is 289 Å². The summed E-state index contributed by atoms with van der Waals surface area (Å²) in [5, 5.41) is 4.71. The van der Waals surface area contributed by atoms with Gasteiger partial charge in [-0.2, -0.15) is 0 Å². The third-order valence-electron chi connectivity index (χ3n) is 14.2. The van der Waals surface area contributed by atoms with Crippen molar-refractivity contribution >= 4 is 21.5 Å². The Bertz CT molecular complexity index is 3820. The topological polar surface area (TPSA) is 25.8 Å². The molecule has 1 heterocycles. The van der Waals surface area contributed by atoms with Gasteiger partial charge in [-0.05, 0) is 113 Å². The van der Waals surface area contributed by atoms with E-state index in [4.69, 9.17) is 9.97 Å². The molecule has 0 saturated heterocycles. The summed E-state index contributed by atoms with van der Waals surface area (Å²) in [5.41, 5.74) is 19.2. The van der Waals surface area contributed by atoms with Crippen molar-refractivity contribution in [1.29, 1.82) is 0 Å². The summed E-state index contributed by atoms with van der Waals surface area (Å²) in [6, 6.07) is 96.9. The quantitative estimate of drug-likeness (QED) is 0.152. The lowest BCUT2D eigenvalue weighted by atomic mass is 9.67. The van der Waals surface area contributed by atoms with Gasteiger partial charge in [-0.1, -0.05) is 243 Å². The Morgan fingerprint density at radius 3 is 1.30 bits per heavy atom. The SMILES string of the molecule is c1ccc(-c2ccc3c(c2)C(c2ccccc2)(c2ccccc2)c2cc(-c4ccc(-c5ccc(-c6cc(-c7ccc8ccccc8c7)nc(-c7ccccc7)n6)c6ccccc56)cc4)ccc2-3)cc1. The molecular weight excluding hydrogens is 833 g/mol. The molecule has 0 atom stereocenters. The highest BCUT2D eigenvalue weighted by molar-refractivity contribution is 6.05. The summed E-state index contributed by atoms with van der Waals surface area (Å²) in [6.45, 7) is 0. The third kappa shape index (κ3) is 6.88. The Labute approximate surface area is 402 Å². The van der Waals surface area contributed by atoms with E-state index in [-0.39, 0.29) is 0 Å². The highest BCUT2D eigenvalue weighted by Gasteiger charge is 2.46. The van der Waals surface area contributed by atoms with Gasteiger partial charge in [0.05, 0.1) is 16.8 Å². The van der Waals surface area contributed by atoms with E-state index in [0.717, 1.165) is 39.0 Å². The zero-order valence-electron chi connectivity index (χ0n) is 37.8. The molecule has 1 aliphatic rings. The molecule has 11 aromatic carbocycles. The molecule has 0 aliphatic heterocycles. The molecule has 0 amide bonds. The Balaban J connectivity index is 0.909. The van der Waals surface area contributed by atoms with Gasteiger partial charge in [0, 0.05) is 16.7 Å². The Kier molecular flexibility index (Phi) is 9.77. The standard InChI is InChI=1S/C67H44N2/c1-5-17-45(18-6-1)51-35-37-59-60-38-36-52(43-63(60)67(62(59)42-51,54-23-9-3-10-24-54)55-25-11-4-12-26-55)47-29-32-48(33-30-47)56-39-40-61(58-28-16-15-27-57(56)58)65-44-64(68-66(69-65)49-20-7-2-8-21-49)53-34-31-46-19-13-14-22-50(46)41-53/h1-44H. The van der Waals surface area contributed by atoms with Crippen LogP contribution >= 0.6 is 0 Å². The van der Waals surface area contributed by atoms with Crippen molar-refractivity contribution in [3.63, 3.8) is 0 Å². The Morgan fingerprint density at radius 1 is 0.246 bits per heavy atom. The molecule has 0 spiro atoms. The van der Waals surface area contributed by atoms with Crippen molar-refractivity contribution in [2.24, 2.45) is 0 Å². The lowest BCUT2D eigenvalue weighted by Gasteiger charge is -2.34. The average molecular weight is 877 g/mol. The molecule has 12 aromatic rings. The van der Waals surface area contributed by atoms with Gasteiger partial charge in [-0.25, -0.2) is 9.97 Å². The maximum atomic E-state index is 5.25. The number of nitrogens with zero attached hydrogens (tertiary/aromatic N) is 2. The van der Waals surface area contributed by atoms with Gasteiger partial charge in [0.15, 0.2) is 5.82 Å². The van der Waals surface area contributed by atoms with E-state index in [2.05, 4.69) is 249 Å². The zero-order valence-corrected chi connectivity index (χ0v) is 37.8. The van der Waals surface area contributed by atoms with Crippen LogP contribution in [0.25, 0.3) is 100.0 Å². The number of hydrogen-bond acceptors (Lipinski definition) is 2. The first-order chi connectivity index (χ1) is 34.2. The van der Waals surface area contributed by atoms with Gasteiger partial charge in [-0.15, -0.1) is 0 Å². The lowest BCUT2D eigenvalue weighted by Crippen LogP contribution is -2.28. The second-order valence-corrected chi connectivity index (χ2v) is 18.0. The third-order valence-corrected chi connectivity index (χ3v) is 14.2. The smallest absolute Gasteiger partial charge is 0.160 e. The van der Waals surface area contributed by atoms with Crippen molar-refractivity contribution in [2.75, 3.05) is 0 Å². The van der Waals surface area contributed by atoms with Crippen LogP contribution in [-0.4, -0.2) is 9.97 Å². The normalized spacial score (nSPS) is 12.5. The first-order valence-corrected chi connectivity index (χ1v) is 23.7. The summed E-state index contributed by atoms with van der Waals surface area (Å²) in [6.07, 6.45) is 0. The van der Waals surface area contributed by atoms with E-state index < -0.39 is 5.41 Å². The van der Waals surface area contributed by atoms with Gasteiger partial charge < -0.3 is 0 Å². The van der Waals surface area contributed by atoms with E-state index in [1.54, 1.807) is 0 Å². The van der Waals surface area contributed by atoms with Gasteiger partial charge in [-0.3, -0.25) is 0 Å². The van der Waals surface area contributed by atoms with Crippen LogP contribution < -0.4 is 0 Å². The summed E-state index contributed by atoms with van der Waals surface area (Å²) in [4.78, 5) is 10.4.